The molecule has 0 unspecified atom stereocenters. The molecule has 0 radical (unpaired) electrons. The molecule has 2 aromatic rings. The van der Waals surface area contributed by atoms with Gasteiger partial charge in [0.05, 0.1) is 24.7 Å². The first-order chi connectivity index (χ1) is 15.5. The first-order valence-corrected chi connectivity index (χ1v) is 10.6. The Balaban J connectivity index is 1.24. The Kier molecular flexibility index (Phi) is 6.20. The molecule has 0 bridgehead atoms. The van der Waals surface area contributed by atoms with Gasteiger partial charge >= 0.3 is 0 Å². The van der Waals surface area contributed by atoms with Crippen molar-refractivity contribution in [1.29, 1.82) is 0 Å². The lowest BCUT2D eigenvalue weighted by Crippen LogP contribution is -2.49. The zero-order chi connectivity index (χ0) is 22.7. The third-order valence-electron chi connectivity index (χ3n) is 5.91. The van der Waals surface area contributed by atoms with Crippen molar-refractivity contribution in [2.45, 2.75) is 25.3 Å². The van der Waals surface area contributed by atoms with Crippen LogP contribution in [-0.4, -0.2) is 66.2 Å². The number of imide groups is 1. The average Bonchev–Trinajstić information content (AvgIpc) is 3.05. The normalized spacial score (nSPS) is 16.2. The largest absolute Gasteiger partial charge is 0.497 e. The van der Waals surface area contributed by atoms with Gasteiger partial charge in [-0.2, -0.15) is 0 Å². The van der Waals surface area contributed by atoms with Crippen LogP contribution in [0.4, 0.5) is 0 Å². The minimum atomic E-state index is -0.431. The van der Waals surface area contributed by atoms with E-state index in [9.17, 15) is 19.2 Å². The summed E-state index contributed by atoms with van der Waals surface area (Å²) >= 11 is 0. The topological polar surface area (TPSA) is 96.0 Å². The van der Waals surface area contributed by atoms with Gasteiger partial charge in [-0.15, -0.1) is 0 Å². The number of carbonyl (C=O) groups is 4. The molecule has 1 N–H and O–H groups in total. The van der Waals surface area contributed by atoms with Crippen LogP contribution < -0.4 is 10.1 Å². The lowest BCUT2D eigenvalue weighted by Gasteiger charge is -2.33. The monoisotopic (exact) mass is 435 g/mol. The third-order valence-corrected chi connectivity index (χ3v) is 5.91. The lowest BCUT2D eigenvalue weighted by atomic mass is 10.0. The maximum absolute atomic E-state index is 12.7. The highest BCUT2D eigenvalue weighted by Crippen LogP contribution is 2.22. The van der Waals surface area contributed by atoms with Crippen LogP contribution in [0.2, 0.25) is 0 Å². The van der Waals surface area contributed by atoms with Crippen LogP contribution >= 0.6 is 0 Å². The van der Waals surface area contributed by atoms with Gasteiger partial charge < -0.3 is 15.0 Å². The molecule has 8 nitrogen and oxygen atoms in total. The van der Waals surface area contributed by atoms with Crippen molar-refractivity contribution in [3.05, 3.63) is 65.2 Å². The Morgan fingerprint density at radius 2 is 1.56 bits per heavy atom. The van der Waals surface area contributed by atoms with Crippen LogP contribution in [0.5, 0.6) is 5.75 Å². The minimum Gasteiger partial charge on any atom is -0.497 e. The van der Waals surface area contributed by atoms with Gasteiger partial charge in [-0.3, -0.25) is 24.1 Å². The highest BCUT2D eigenvalue weighted by atomic mass is 16.5. The highest BCUT2D eigenvalue weighted by molar-refractivity contribution is 6.22. The molecule has 4 rings (SSSR count). The van der Waals surface area contributed by atoms with E-state index in [1.54, 1.807) is 36.3 Å². The number of likely N-dealkylation sites (tertiary alicyclic amines) is 1. The summed E-state index contributed by atoms with van der Waals surface area (Å²) in [6.07, 6.45) is 1.54. The van der Waals surface area contributed by atoms with Gasteiger partial charge in [-0.1, -0.05) is 24.3 Å². The van der Waals surface area contributed by atoms with Gasteiger partial charge in [0, 0.05) is 19.1 Å². The number of fused-ring (bicyclic) bond motifs is 1. The van der Waals surface area contributed by atoms with Crippen LogP contribution in [0.1, 0.15) is 39.1 Å². The van der Waals surface area contributed by atoms with Gasteiger partial charge in [0.15, 0.2) is 0 Å². The number of hydrogen-bond donors (Lipinski definition) is 1. The second-order valence-electron chi connectivity index (χ2n) is 7.99. The molecular weight excluding hydrogens is 410 g/mol. The summed E-state index contributed by atoms with van der Waals surface area (Å²) in [4.78, 5) is 52.6. The van der Waals surface area contributed by atoms with Gasteiger partial charge in [0.2, 0.25) is 11.8 Å². The molecule has 166 valence electrons. The number of ether oxygens (including phenoxy) is 1. The van der Waals surface area contributed by atoms with E-state index in [2.05, 4.69) is 5.32 Å². The zero-order valence-corrected chi connectivity index (χ0v) is 17.9. The number of piperidine rings is 1. The quantitative estimate of drug-likeness (QED) is 0.696. The van der Waals surface area contributed by atoms with Crippen LogP contribution in [0.3, 0.4) is 0 Å². The van der Waals surface area contributed by atoms with E-state index in [0.717, 1.165) is 16.2 Å². The molecule has 8 heteroatoms. The average molecular weight is 435 g/mol. The number of rotatable bonds is 6. The number of methoxy groups -OCH3 is 1. The van der Waals surface area contributed by atoms with Gasteiger partial charge in [-0.25, -0.2) is 0 Å². The minimum absolute atomic E-state index is 0.0101. The molecule has 0 spiro atoms. The maximum atomic E-state index is 12.7. The molecule has 1 saturated heterocycles. The maximum Gasteiger partial charge on any atom is 0.262 e. The number of benzene rings is 2. The fourth-order valence-electron chi connectivity index (χ4n) is 4.10. The van der Waals surface area contributed by atoms with Crippen molar-refractivity contribution >= 4 is 23.6 Å². The Morgan fingerprint density at radius 3 is 2.12 bits per heavy atom. The van der Waals surface area contributed by atoms with E-state index < -0.39 is 11.8 Å². The van der Waals surface area contributed by atoms with Gasteiger partial charge in [0.25, 0.3) is 11.8 Å². The van der Waals surface area contributed by atoms with Gasteiger partial charge in [0.1, 0.15) is 12.3 Å². The molecule has 2 aromatic carbocycles. The number of hydrogen-bond acceptors (Lipinski definition) is 5. The third kappa shape index (κ3) is 4.49. The Labute approximate surface area is 186 Å². The summed E-state index contributed by atoms with van der Waals surface area (Å²) in [6, 6.07) is 13.9. The van der Waals surface area contributed by atoms with Crippen molar-refractivity contribution in [3.8, 4) is 5.75 Å². The second-order valence-corrected chi connectivity index (χ2v) is 7.99. The number of nitrogens with one attached hydrogen (secondary N) is 1. The molecule has 32 heavy (non-hydrogen) atoms. The fraction of sp³-hybridized carbons (Fsp3) is 0.333. The Bertz CT molecular complexity index is 1010. The predicted molar refractivity (Wildman–Crippen MR) is 116 cm³/mol. The first-order valence-electron chi connectivity index (χ1n) is 10.6. The van der Waals surface area contributed by atoms with E-state index in [1.807, 2.05) is 24.3 Å². The van der Waals surface area contributed by atoms with Crippen molar-refractivity contribution in [2.24, 2.45) is 0 Å². The summed E-state index contributed by atoms with van der Waals surface area (Å²) < 4.78 is 5.12. The van der Waals surface area contributed by atoms with Crippen molar-refractivity contribution in [3.63, 3.8) is 0 Å². The molecular formula is C24H25N3O5. The molecule has 0 saturated carbocycles. The van der Waals surface area contributed by atoms with Crippen molar-refractivity contribution < 1.29 is 23.9 Å². The van der Waals surface area contributed by atoms with Crippen LogP contribution in [0.25, 0.3) is 0 Å². The summed E-state index contributed by atoms with van der Waals surface area (Å²) in [5, 5.41) is 3.03. The van der Waals surface area contributed by atoms with E-state index >= 15 is 0 Å². The van der Waals surface area contributed by atoms with Crippen LogP contribution in [0.15, 0.2) is 48.5 Å². The van der Waals surface area contributed by atoms with Crippen molar-refractivity contribution in [2.75, 3.05) is 26.7 Å². The number of amides is 4. The molecule has 2 aliphatic heterocycles. The first kappa shape index (κ1) is 21.5. The summed E-state index contributed by atoms with van der Waals surface area (Å²) in [5.74, 6) is -0.444. The summed E-state index contributed by atoms with van der Waals surface area (Å²) in [6.45, 7) is 0.672. The van der Waals surface area contributed by atoms with Crippen LogP contribution in [0, 0.1) is 0 Å². The van der Waals surface area contributed by atoms with E-state index in [4.69, 9.17) is 4.74 Å². The van der Waals surface area contributed by atoms with E-state index in [-0.39, 0.29) is 30.8 Å². The fourth-order valence-corrected chi connectivity index (χ4v) is 4.10. The standard InChI is InChI=1S/C24H25N3O5/c1-32-18-8-6-16(7-9-18)14-21(28)25-17-10-12-26(13-11-17)22(29)15-27-23(30)19-4-2-3-5-20(19)24(27)31/h2-9,17H,10-15H2,1H3,(H,25,28). The summed E-state index contributed by atoms with van der Waals surface area (Å²) in [7, 11) is 1.60. The number of nitrogens with zero attached hydrogens (tertiary/aromatic N) is 2. The predicted octanol–water partition coefficient (Wildman–Crippen LogP) is 1.64. The molecule has 2 aliphatic rings. The molecule has 0 aromatic heterocycles. The number of carbonyl (C=O) groups excluding carboxylic acids is 4. The zero-order valence-electron chi connectivity index (χ0n) is 17.9. The second kappa shape index (κ2) is 9.21. The van der Waals surface area contributed by atoms with E-state index in [1.165, 1.54) is 0 Å². The molecule has 0 atom stereocenters. The smallest absolute Gasteiger partial charge is 0.262 e. The molecule has 0 aliphatic carbocycles. The highest BCUT2D eigenvalue weighted by Gasteiger charge is 2.37. The van der Waals surface area contributed by atoms with Crippen molar-refractivity contribution in [1.82, 2.24) is 15.1 Å². The lowest BCUT2D eigenvalue weighted by molar-refractivity contribution is -0.132. The molecule has 4 amide bonds. The van der Waals surface area contributed by atoms with Crippen LogP contribution in [-0.2, 0) is 16.0 Å². The molecule has 2 heterocycles. The van der Waals surface area contributed by atoms with Gasteiger partial charge in [-0.05, 0) is 42.7 Å². The SMILES string of the molecule is COc1ccc(CC(=O)NC2CCN(C(=O)CN3C(=O)c4ccccc4C3=O)CC2)cc1. The summed E-state index contributed by atoms with van der Waals surface area (Å²) in [5.41, 5.74) is 1.57. The van der Waals surface area contributed by atoms with E-state index in [0.29, 0.717) is 37.1 Å². The Morgan fingerprint density at radius 1 is 0.969 bits per heavy atom. The Hall–Kier alpha value is -3.68. The molecule has 1 fully saturated rings.